The van der Waals surface area contributed by atoms with Crippen LogP contribution in [0.2, 0.25) is 0 Å². The maximum Gasteiger partial charge on any atom is 0.227 e. The maximum atomic E-state index is 12.7. The summed E-state index contributed by atoms with van der Waals surface area (Å²) in [6.07, 6.45) is 2.17. The highest BCUT2D eigenvalue weighted by molar-refractivity contribution is 5.86. The zero-order chi connectivity index (χ0) is 17.1. The normalized spacial score (nSPS) is 20.6. The van der Waals surface area contributed by atoms with Crippen molar-refractivity contribution in [3.8, 4) is 0 Å². The molecule has 0 bridgehead atoms. The first kappa shape index (κ1) is 22.0. The van der Waals surface area contributed by atoms with Crippen LogP contribution in [-0.2, 0) is 11.3 Å². The van der Waals surface area contributed by atoms with E-state index in [1.54, 1.807) is 0 Å². The van der Waals surface area contributed by atoms with E-state index in [0.717, 1.165) is 58.7 Å². The van der Waals surface area contributed by atoms with Gasteiger partial charge in [0.25, 0.3) is 0 Å². The van der Waals surface area contributed by atoms with Gasteiger partial charge in [-0.15, -0.1) is 24.8 Å². The quantitative estimate of drug-likeness (QED) is 0.843. The number of hydrogen-bond acceptors (Lipinski definition) is 3. The zero-order valence-corrected chi connectivity index (χ0v) is 17.2. The lowest BCUT2D eigenvalue weighted by Gasteiger charge is -2.37. The molecule has 1 amide bonds. The van der Waals surface area contributed by atoms with Gasteiger partial charge in [0.05, 0.1) is 5.92 Å². The molecule has 4 nitrogen and oxygen atoms in total. The van der Waals surface area contributed by atoms with E-state index < -0.39 is 0 Å². The topological polar surface area (TPSA) is 35.6 Å². The fourth-order valence-electron chi connectivity index (χ4n) is 4.12. The van der Waals surface area contributed by atoms with E-state index in [1.165, 1.54) is 16.3 Å². The predicted molar refractivity (Wildman–Crippen MR) is 116 cm³/mol. The molecule has 1 unspecified atom stereocenters. The van der Waals surface area contributed by atoms with Gasteiger partial charge in [-0.2, -0.15) is 0 Å². The first-order chi connectivity index (χ1) is 12.3. The minimum Gasteiger partial charge on any atom is -0.340 e. The van der Waals surface area contributed by atoms with Crippen molar-refractivity contribution in [3.63, 3.8) is 0 Å². The molecule has 6 heteroatoms. The first-order valence-electron chi connectivity index (χ1n) is 9.50. The molecule has 1 atom stereocenters. The van der Waals surface area contributed by atoms with Gasteiger partial charge >= 0.3 is 0 Å². The average Bonchev–Trinajstić information content (AvgIpc) is 2.69. The standard InChI is InChI=1S/C21H27N3O.2ClH/c25-21(18-8-4-10-22-15-18)24-13-11-23(12-14-24)16-19-7-3-6-17-5-1-2-9-20(17)19;;/h1-3,5-7,9,18,22H,4,8,10-16H2;2*1H. The van der Waals surface area contributed by atoms with Gasteiger partial charge in [0.15, 0.2) is 0 Å². The molecule has 0 aliphatic carbocycles. The summed E-state index contributed by atoms with van der Waals surface area (Å²) in [4.78, 5) is 17.2. The fraction of sp³-hybridized carbons (Fsp3) is 0.476. The fourth-order valence-corrected chi connectivity index (χ4v) is 4.12. The third kappa shape index (κ3) is 5.14. The van der Waals surface area contributed by atoms with Gasteiger partial charge < -0.3 is 10.2 Å². The summed E-state index contributed by atoms with van der Waals surface area (Å²) >= 11 is 0. The lowest BCUT2D eigenvalue weighted by Crippen LogP contribution is -2.51. The molecule has 148 valence electrons. The largest absolute Gasteiger partial charge is 0.340 e. The highest BCUT2D eigenvalue weighted by Gasteiger charge is 2.28. The second kappa shape index (κ2) is 10.3. The van der Waals surface area contributed by atoms with Gasteiger partial charge in [-0.25, -0.2) is 0 Å². The molecular formula is C21H29Cl2N3O. The smallest absolute Gasteiger partial charge is 0.227 e. The Morgan fingerprint density at radius 2 is 1.74 bits per heavy atom. The van der Waals surface area contributed by atoms with Crippen molar-refractivity contribution in [2.45, 2.75) is 19.4 Å². The van der Waals surface area contributed by atoms with Gasteiger partial charge in [-0.1, -0.05) is 42.5 Å². The number of amides is 1. The summed E-state index contributed by atoms with van der Waals surface area (Å²) in [5.41, 5.74) is 1.38. The molecule has 2 aliphatic heterocycles. The minimum atomic E-state index is 0. The van der Waals surface area contributed by atoms with E-state index in [-0.39, 0.29) is 30.7 Å². The number of benzene rings is 2. The number of nitrogens with zero attached hydrogens (tertiary/aromatic N) is 2. The van der Waals surface area contributed by atoms with Crippen LogP contribution in [0.25, 0.3) is 10.8 Å². The van der Waals surface area contributed by atoms with E-state index in [4.69, 9.17) is 0 Å². The summed E-state index contributed by atoms with van der Waals surface area (Å²) < 4.78 is 0. The van der Waals surface area contributed by atoms with E-state index in [9.17, 15) is 4.79 Å². The Hall–Kier alpha value is -1.33. The molecule has 0 spiro atoms. The number of carbonyl (C=O) groups is 1. The Morgan fingerprint density at radius 1 is 1.00 bits per heavy atom. The highest BCUT2D eigenvalue weighted by atomic mass is 35.5. The van der Waals surface area contributed by atoms with Crippen LogP contribution < -0.4 is 5.32 Å². The number of piperazine rings is 1. The number of hydrogen-bond donors (Lipinski definition) is 1. The number of nitrogens with one attached hydrogen (secondary N) is 1. The second-order valence-electron chi connectivity index (χ2n) is 7.28. The second-order valence-corrected chi connectivity index (χ2v) is 7.28. The number of halogens is 2. The summed E-state index contributed by atoms with van der Waals surface area (Å²) in [6.45, 7) is 6.54. The van der Waals surface area contributed by atoms with Crippen LogP contribution in [0.5, 0.6) is 0 Å². The molecule has 2 aliphatic rings. The van der Waals surface area contributed by atoms with E-state index in [0.29, 0.717) is 5.91 Å². The van der Waals surface area contributed by atoms with Crippen LogP contribution in [0.15, 0.2) is 42.5 Å². The molecule has 0 aromatic heterocycles. The zero-order valence-electron chi connectivity index (χ0n) is 15.6. The van der Waals surface area contributed by atoms with Gasteiger partial charge in [-0.05, 0) is 35.7 Å². The number of piperidine rings is 1. The van der Waals surface area contributed by atoms with Crippen LogP contribution in [0.1, 0.15) is 18.4 Å². The molecular weight excluding hydrogens is 381 g/mol. The van der Waals surface area contributed by atoms with Crippen molar-refractivity contribution in [1.82, 2.24) is 15.1 Å². The minimum absolute atomic E-state index is 0. The van der Waals surface area contributed by atoms with Crippen LogP contribution in [0.4, 0.5) is 0 Å². The van der Waals surface area contributed by atoms with E-state index in [2.05, 4.69) is 57.6 Å². The molecule has 2 fully saturated rings. The molecule has 1 N–H and O–H groups in total. The lowest BCUT2D eigenvalue weighted by molar-refractivity contribution is -0.137. The summed E-state index contributed by atoms with van der Waals surface area (Å²) in [6, 6.07) is 15.1. The predicted octanol–water partition coefficient (Wildman–Crippen LogP) is 3.33. The lowest BCUT2D eigenvalue weighted by atomic mass is 9.98. The molecule has 27 heavy (non-hydrogen) atoms. The Kier molecular flexibility index (Phi) is 8.36. The van der Waals surface area contributed by atoms with Gasteiger partial charge in [0.1, 0.15) is 0 Å². The SMILES string of the molecule is Cl.Cl.O=C(C1CCCNC1)N1CCN(Cc2cccc3ccccc23)CC1. The van der Waals surface area contributed by atoms with Gasteiger partial charge in [-0.3, -0.25) is 9.69 Å². The number of fused-ring (bicyclic) bond motifs is 1. The molecule has 0 radical (unpaired) electrons. The third-order valence-electron chi connectivity index (χ3n) is 5.60. The van der Waals surface area contributed by atoms with Crippen LogP contribution in [-0.4, -0.2) is 55.0 Å². The van der Waals surface area contributed by atoms with Crippen molar-refractivity contribution >= 4 is 41.5 Å². The molecule has 4 rings (SSSR count). The molecule has 2 aromatic rings. The van der Waals surface area contributed by atoms with Crippen molar-refractivity contribution in [1.29, 1.82) is 0 Å². The number of rotatable bonds is 3. The molecule has 2 saturated heterocycles. The Morgan fingerprint density at radius 3 is 2.48 bits per heavy atom. The van der Waals surface area contributed by atoms with E-state index in [1.807, 2.05) is 0 Å². The van der Waals surface area contributed by atoms with Crippen LogP contribution in [0, 0.1) is 5.92 Å². The summed E-state index contributed by atoms with van der Waals surface area (Å²) in [5, 5.41) is 6.00. The van der Waals surface area contributed by atoms with Crippen molar-refractivity contribution < 1.29 is 4.79 Å². The van der Waals surface area contributed by atoms with Crippen LogP contribution >= 0.6 is 24.8 Å². The summed E-state index contributed by atoms with van der Waals surface area (Å²) in [5.74, 6) is 0.551. The Balaban J connectivity index is 0.00000131. The third-order valence-corrected chi connectivity index (χ3v) is 5.60. The highest BCUT2D eigenvalue weighted by Crippen LogP contribution is 2.21. The van der Waals surface area contributed by atoms with Crippen molar-refractivity contribution in [2.75, 3.05) is 39.3 Å². The van der Waals surface area contributed by atoms with Crippen molar-refractivity contribution in [3.05, 3.63) is 48.0 Å². The average molecular weight is 410 g/mol. The van der Waals surface area contributed by atoms with E-state index >= 15 is 0 Å². The number of carbonyl (C=O) groups excluding carboxylic acids is 1. The molecule has 2 aromatic carbocycles. The van der Waals surface area contributed by atoms with Crippen molar-refractivity contribution in [2.24, 2.45) is 5.92 Å². The maximum absolute atomic E-state index is 12.7. The molecule has 0 saturated carbocycles. The van der Waals surface area contributed by atoms with Crippen LogP contribution in [0.3, 0.4) is 0 Å². The Labute approximate surface area is 174 Å². The first-order valence-corrected chi connectivity index (χ1v) is 9.50. The van der Waals surface area contributed by atoms with Gasteiger partial charge in [0.2, 0.25) is 5.91 Å². The monoisotopic (exact) mass is 409 g/mol. The van der Waals surface area contributed by atoms with Gasteiger partial charge in [0, 0.05) is 39.3 Å². The summed E-state index contributed by atoms with van der Waals surface area (Å²) in [7, 11) is 0. The Bertz CT molecular complexity index is 736. The molecule has 2 heterocycles.